The molecule has 1 aliphatic rings. The Kier molecular flexibility index (Phi) is 1.66. The van der Waals surface area contributed by atoms with Crippen LogP contribution in [-0.4, -0.2) is 0 Å². The lowest BCUT2D eigenvalue weighted by Gasteiger charge is -2.12. The number of furan rings is 1. The third-order valence-corrected chi connectivity index (χ3v) is 3.06. The predicted octanol–water partition coefficient (Wildman–Crippen LogP) is 3.54. The molecule has 2 heteroatoms. The van der Waals surface area contributed by atoms with Crippen LogP contribution in [0.25, 0.3) is 17.0 Å². The van der Waals surface area contributed by atoms with E-state index in [2.05, 4.69) is 25.1 Å². The molecule has 0 fully saturated rings. The zero-order valence-corrected chi connectivity index (χ0v) is 8.66. The summed E-state index contributed by atoms with van der Waals surface area (Å²) in [5.74, 6) is 1.50. The molecule has 2 nitrogen and oxygen atoms in total. The van der Waals surface area contributed by atoms with Crippen LogP contribution in [0.2, 0.25) is 0 Å². The minimum Gasteiger partial charge on any atom is -0.454 e. The summed E-state index contributed by atoms with van der Waals surface area (Å²) in [4.78, 5) is 0. The molecule has 2 N–H and O–H groups in total. The van der Waals surface area contributed by atoms with Crippen LogP contribution in [0.3, 0.4) is 0 Å². The number of fused-ring (bicyclic) bond motifs is 3. The molecule has 1 aromatic carbocycles. The lowest BCUT2D eigenvalue weighted by Crippen LogP contribution is -1.96. The molecule has 0 bridgehead atoms. The van der Waals surface area contributed by atoms with Gasteiger partial charge in [0.1, 0.15) is 5.76 Å². The van der Waals surface area contributed by atoms with Gasteiger partial charge in [0.2, 0.25) is 0 Å². The first-order valence-corrected chi connectivity index (χ1v) is 5.25. The van der Waals surface area contributed by atoms with Gasteiger partial charge in [-0.1, -0.05) is 25.1 Å². The van der Waals surface area contributed by atoms with E-state index in [4.69, 9.17) is 10.2 Å². The highest BCUT2D eigenvalue weighted by atomic mass is 16.3. The molecule has 3 rings (SSSR count). The van der Waals surface area contributed by atoms with Crippen LogP contribution in [0.4, 0.5) is 5.69 Å². The fraction of sp³-hybridized carbons (Fsp3) is 0.231. The van der Waals surface area contributed by atoms with Gasteiger partial charge in [-0.3, -0.25) is 0 Å². The van der Waals surface area contributed by atoms with Gasteiger partial charge in [-0.05, 0) is 24.5 Å². The molecule has 0 saturated carbocycles. The Bertz CT molecular complexity index is 551. The highest BCUT2D eigenvalue weighted by Crippen LogP contribution is 2.39. The van der Waals surface area contributed by atoms with Gasteiger partial charge >= 0.3 is 0 Å². The second-order valence-electron chi connectivity index (χ2n) is 4.14. The van der Waals surface area contributed by atoms with Crippen molar-refractivity contribution >= 4 is 22.7 Å². The maximum absolute atomic E-state index is 5.90. The molecular weight excluding hydrogens is 186 g/mol. The number of nitrogen functional groups attached to an aromatic ring is 1. The molecule has 0 spiro atoms. The van der Waals surface area contributed by atoms with Gasteiger partial charge in [-0.15, -0.1) is 0 Å². The van der Waals surface area contributed by atoms with Crippen LogP contribution < -0.4 is 5.73 Å². The van der Waals surface area contributed by atoms with E-state index < -0.39 is 0 Å². The minimum absolute atomic E-state index is 0.521. The van der Waals surface area contributed by atoms with Crippen molar-refractivity contribution in [1.29, 1.82) is 0 Å². The molecule has 1 aromatic heterocycles. The first-order valence-electron chi connectivity index (χ1n) is 5.25. The second-order valence-corrected chi connectivity index (χ2v) is 4.14. The van der Waals surface area contributed by atoms with Crippen molar-refractivity contribution in [2.45, 2.75) is 19.3 Å². The number of hydrogen-bond acceptors (Lipinski definition) is 2. The number of anilines is 1. The maximum atomic E-state index is 5.90. The van der Waals surface area contributed by atoms with Crippen molar-refractivity contribution < 1.29 is 4.42 Å². The number of allylic oxidation sites excluding steroid dienone is 1. The van der Waals surface area contributed by atoms with Crippen molar-refractivity contribution in [3.05, 3.63) is 35.6 Å². The van der Waals surface area contributed by atoms with Crippen molar-refractivity contribution in [2.24, 2.45) is 0 Å². The fourth-order valence-corrected chi connectivity index (χ4v) is 2.31. The van der Waals surface area contributed by atoms with Crippen molar-refractivity contribution in [3.8, 4) is 0 Å². The SMILES string of the molecule is CC1CC=Cc2oc3c(N)cccc3c21. The van der Waals surface area contributed by atoms with Crippen LogP contribution in [0, 0.1) is 0 Å². The average molecular weight is 199 g/mol. The molecule has 1 unspecified atom stereocenters. The number of rotatable bonds is 0. The smallest absolute Gasteiger partial charge is 0.157 e. The zero-order chi connectivity index (χ0) is 10.4. The summed E-state index contributed by atoms with van der Waals surface area (Å²) in [5, 5.41) is 1.17. The average Bonchev–Trinajstić information content (AvgIpc) is 2.59. The largest absolute Gasteiger partial charge is 0.454 e. The third kappa shape index (κ3) is 1.11. The predicted molar refractivity (Wildman–Crippen MR) is 62.7 cm³/mol. The Morgan fingerprint density at radius 2 is 2.27 bits per heavy atom. The Hall–Kier alpha value is -1.70. The van der Waals surface area contributed by atoms with E-state index in [9.17, 15) is 0 Å². The van der Waals surface area contributed by atoms with E-state index in [1.165, 1.54) is 10.9 Å². The van der Waals surface area contributed by atoms with Crippen LogP contribution in [-0.2, 0) is 0 Å². The summed E-state index contributed by atoms with van der Waals surface area (Å²) in [7, 11) is 0. The van der Waals surface area contributed by atoms with Crippen molar-refractivity contribution in [1.82, 2.24) is 0 Å². The fourth-order valence-electron chi connectivity index (χ4n) is 2.31. The van der Waals surface area contributed by atoms with E-state index >= 15 is 0 Å². The van der Waals surface area contributed by atoms with Crippen LogP contribution in [0.5, 0.6) is 0 Å². The summed E-state index contributed by atoms with van der Waals surface area (Å²) >= 11 is 0. The number of para-hydroxylation sites is 1. The quantitative estimate of drug-likeness (QED) is 0.659. The maximum Gasteiger partial charge on any atom is 0.157 e. The van der Waals surface area contributed by atoms with Gasteiger partial charge in [0.05, 0.1) is 5.69 Å². The summed E-state index contributed by atoms with van der Waals surface area (Å²) in [5.41, 5.74) is 8.76. The van der Waals surface area contributed by atoms with E-state index in [-0.39, 0.29) is 0 Å². The lowest BCUT2D eigenvalue weighted by molar-refractivity contribution is 0.587. The Labute approximate surface area is 88.4 Å². The van der Waals surface area contributed by atoms with Crippen molar-refractivity contribution in [2.75, 3.05) is 5.73 Å². The van der Waals surface area contributed by atoms with Gasteiger partial charge < -0.3 is 10.2 Å². The van der Waals surface area contributed by atoms with Gasteiger partial charge in [-0.2, -0.15) is 0 Å². The van der Waals surface area contributed by atoms with E-state index in [1.54, 1.807) is 0 Å². The minimum atomic E-state index is 0.521. The van der Waals surface area contributed by atoms with Gasteiger partial charge in [0, 0.05) is 10.9 Å². The van der Waals surface area contributed by atoms with E-state index in [1.807, 2.05) is 12.1 Å². The Morgan fingerprint density at radius 1 is 1.40 bits per heavy atom. The number of nitrogens with two attached hydrogens (primary N) is 1. The molecule has 0 saturated heterocycles. The van der Waals surface area contributed by atoms with Gasteiger partial charge in [0.15, 0.2) is 5.58 Å². The molecule has 15 heavy (non-hydrogen) atoms. The Balaban J connectivity index is 2.42. The second kappa shape index (κ2) is 2.89. The molecule has 1 aliphatic carbocycles. The highest BCUT2D eigenvalue weighted by molar-refractivity contribution is 5.93. The molecule has 2 aromatic rings. The normalized spacial score (nSPS) is 19.4. The molecule has 0 radical (unpaired) electrons. The molecule has 1 atom stereocenters. The number of benzene rings is 1. The summed E-state index contributed by atoms with van der Waals surface area (Å²) in [6, 6.07) is 5.95. The zero-order valence-electron chi connectivity index (χ0n) is 8.66. The number of hydrogen-bond donors (Lipinski definition) is 1. The summed E-state index contributed by atoms with van der Waals surface area (Å²) in [6.45, 7) is 2.22. The first kappa shape index (κ1) is 8.60. The van der Waals surface area contributed by atoms with E-state index in [0.717, 1.165) is 23.5 Å². The topological polar surface area (TPSA) is 39.2 Å². The van der Waals surface area contributed by atoms with Crippen LogP contribution >= 0.6 is 0 Å². The molecule has 76 valence electrons. The molecule has 0 aliphatic heterocycles. The highest BCUT2D eigenvalue weighted by Gasteiger charge is 2.20. The summed E-state index contributed by atoms with van der Waals surface area (Å²) in [6.07, 6.45) is 5.29. The van der Waals surface area contributed by atoms with Crippen LogP contribution in [0.1, 0.15) is 30.6 Å². The summed E-state index contributed by atoms with van der Waals surface area (Å²) < 4.78 is 5.78. The van der Waals surface area contributed by atoms with Gasteiger partial charge in [-0.25, -0.2) is 0 Å². The molecule has 0 amide bonds. The third-order valence-electron chi connectivity index (χ3n) is 3.06. The van der Waals surface area contributed by atoms with Crippen LogP contribution in [0.15, 0.2) is 28.7 Å². The molecule has 1 heterocycles. The monoisotopic (exact) mass is 199 g/mol. The molecular formula is C13H13NO. The van der Waals surface area contributed by atoms with Gasteiger partial charge in [0.25, 0.3) is 0 Å². The first-order chi connectivity index (χ1) is 7.27. The Morgan fingerprint density at radius 3 is 3.13 bits per heavy atom. The van der Waals surface area contributed by atoms with Crippen molar-refractivity contribution in [3.63, 3.8) is 0 Å². The standard InChI is InChI=1S/C13H13NO/c1-8-4-2-7-11-12(8)9-5-3-6-10(14)13(9)15-11/h2-3,5-8H,4,14H2,1H3. The lowest BCUT2D eigenvalue weighted by atomic mass is 9.91. The van der Waals surface area contributed by atoms with E-state index in [0.29, 0.717) is 5.92 Å².